The highest BCUT2D eigenvalue weighted by atomic mass is 19.3. The van der Waals surface area contributed by atoms with Crippen molar-refractivity contribution in [3.63, 3.8) is 0 Å². The average molecular weight is 198 g/mol. The van der Waals surface area contributed by atoms with Gasteiger partial charge < -0.3 is 0 Å². The summed E-state index contributed by atoms with van der Waals surface area (Å²) in [7, 11) is 0. The molecule has 0 bridgehead atoms. The molecule has 0 aliphatic heterocycles. The van der Waals surface area contributed by atoms with Crippen molar-refractivity contribution in [2.75, 3.05) is 0 Å². The molecule has 0 radical (unpaired) electrons. The first-order chi connectivity index (χ1) is 6.52. The molecule has 0 N–H and O–H groups in total. The molecule has 2 heteroatoms. The van der Waals surface area contributed by atoms with Crippen molar-refractivity contribution in [1.29, 1.82) is 0 Å². The molecule has 14 heavy (non-hydrogen) atoms. The van der Waals surface area contributed by atoms with Crippen molar-refractivity contribution in [3.8, 4) is 0 Å². The van der Waals surface area contributed by atoms with Crippen LogP contribution in [-0.4, -0.2) is 6.43 Å². The summed E-state index contributed by atoms with van der Waals surface area (Å²) in [6.07, 6.45) is 2.76. The van der Waals surface area contributed by atoms with Gasteiger partial charge in [-0.1, -0.05) is 17.7 Å². The monoisotopic (exact) mass is 198 g/mol. The lowest BCUT2D eigenvalue weighted by atomic mass is 9.96. The number of rotatable bonds is 1. The van der Waals surface area contributed by atoms with Crippen molar-refractivity contribution in [1.82, 2.24) is 0 Å². The highest BCUT2D eigenvalue weighted by Crippen LogP contribution is 2.25. The Kier molecular flexibility index (Phi) is 3.62. The summed E-state index contributed by atoms with van der Waals surface area (Å²) in [6, 6.07) is 0. The topological polar surface area (TPSA) is 0 Å². The Morgan fingerprint density at radius 2 is 1.79 bits per heavy atom. The van der Waals surface area contributed by atoms with Gasteiger partial charge in [-0.25, -0.2) is 8.78 Å². The Labute approximate surface area is 84.0 Å². The van der Waals surface area contributed by atoms with Crippen molar-refractivity contribution in [3.05, 3.63) is 34.4 Å². The minimum absolute atomic E-state index is 0.285. The zero-order valence-electron chi connectivity index (χ0n) is 8.90. The van der Waals surface area contributed by atoms with Crippen LogP contribution in [0.25, 0.3) is 0 Å². The molecule has 0 saturated carbocycles. The largest absolute Gasteiger partial charge is 0.260 e. The van der Waals surface area contributed by atoms with Gasteiger partial charge in [-0.3, -0.25) is 0 Å². The molecule has 0 atom stereocenters. The van der Waals surface area contributed by atoms with E-state index in [1.807, 2.05) is 26.0 Å². The third-order valence-corrected chi connectivity index (χ3v) is 2.69. The summed E-state index contributed by atoms with van der Waals surface area (Å²) in [5.74, 6) is 0. The molecule has 0 fully saturated rings. The fraction of sp³-hybridized carbons (Fsp3) is 0.500. The molecule has 0 amide bonds. The van der Waals surface area contributed by atoms with Crippen molar-refractivity contribution < 1.29 is 8.78 Å². The van der Waals surface area contributed by atoms with Gasteiger partial charge in [0.2, 0.25) is 0 Å². The number of allylic oxidation sites excluding steroid dienone is 6. The van der Waals surface area contributed by atoms with Crippen LogP contribution in [0, 0.1) is 0 Å². The predicted molar refractivity (Wildman–Crippen MR) is 55.5 cm³/mol. The molecule has 0 spiro atoms. The first-order valence-electron chi connectivity index (χ1n) is 4.85. The lowest BCUT2D eigenvalue weighted by molar-refractivity contribution is 0.184. The molecule has 0 saturated heterocycles. The first kappa shape index (κ1) is 11.2. The van der Waals surface area contributed by atoms with Crippen LogP contribution in [0.4, 0.5) is 8.78 Å². The van der Waals surface area contributed by atoms with E-state index in [9.17, 15) is 8.78 Å². The van der Waals surface area contributed by atoms with Crippen molar-refractivity contribution in [2.45, 2.75) is 40.0 Å². The van der Waals surface area contributed by atoms with Gasteiger partial charge in [-0.2, -0.15) is 0 Å². The highest BCUT2D eigenvalue weighted by Gasteiger charge is 2.14. The third kappa shape index (κ3) is 2.53. The van der Waals surface area contributed by atoms with E-state index in [1.165, 1.54) is 5.57 Å². The highest BCUT2D eigenvalue weighted by molar-refractivity contribution is 5.38. The van der Waals surface area contributed by atoms with E-state index in [1.54, 1.807) is 6.92 Å². The molecule has 0 heterocycles. The molecule has 1 rings (SSSR count). The smallest absolute Gasteiger partial charge is 0.205 e. The molecule has 0 unspecified atom stereocenters. The van der Waals surface area contributed by atoms with Crippen molar-refractivity contribution in [2.24, 2.45) is 0 Å². The summed E-state index contributed by atoms with van der Waals surface area (Å²) in [4.78, 5) is 0. The lowest BCUT2D eigenvalue weighted by Crippen LogP contribution is -2.01. The van der Waals surface area contributed by atoms with Gasteiger partial charge in [0.25, 0.3) is 6.43 Å². The van der Waals surface area contributed by atoms with E-state index in [0.29, 0.717) is 12.8 Å². The van der Waals surface area contributed by atoms with E-state index in [4.69, 9.17) is 0 Å². The second-order valence-corrected chi connectivity index (χ2v) is 3.76. The van der Waals surface area contributed by atoms with Gasteiger partial charge in [0.1, 0.15) is 0 Å². The summed E-state index contributed by atoms with van der Waals surface area (Å²) in [5, 5.41) is 0. The number of alkyl halides is 2. The first-order valence-corrected chi connectivity index (χ1v) is 4.85. The van der Waals surface area contributed by atoms with Crippen LogP contribution < -0.4 is 0 Å². The average Bonchev–Trinajstić information content (AvgIpc) is 2.09. The summed E-state index contributed by atoms with van der Waals surface area (Å²) in [6.45, 7) is 5.75. The normalized spacial score (nSPS) is 24.1. The molecule has 0 aromatic carbocycles. The second-order valence-electron chi connectivity index (χ2n) is 3.76. The van der Waals surface area contributed by atoms with E-state index < -0.39 is 6.43 Å². The maximum atomic E-state index is 12.6. The molecular formula is C12H16F2. The van der Waals surface area contributed by atoms with Crippen LogP contribution in [0.2, 0.25) is 0 Å². The summed E-state index contributed by atoms with van der Waals surface area (Å²) < 4.78 is 25.2. The number of hydrogen-bond acceptors (Lipinski definition) is 0. The van der Waals surface area contributed by atoms with Crippen LogP contribution in [-0.2, 0) is 0 Å². The maximum absolute atomic E-state index is 12.6. The van der Waals surface area contributed by atoms with Gasteiger partial charge in [0, 0.05) is 0 Å². The fourth-order valence-corrected chi connectivity index (χ4v) is 1.61. The minimum atomic E-state index is -2.31. The summed E-state index contributed by atoms with van der Waals surface area (Å²) >= 11 is 0. The molecule has 1 aliphatic carbocycles. The maximum Gasteiger partial charge on any atom is 0.260 e. The Balaban J connectivity index is 3.06. The third-order valence-electron chi connectivity index (χ3n) is 2.69. The quantitative estimate of drug-likeness (QED) is 0.590. The SMILES string of the molecule is CC1=CCC/C(C(F)F)=C(\C)C=C1C. The van der Waals surface area contributed by atoms with Crippen LogP contribution in [0.1, 0.15) is 33.6 Å². The zero-order valence-corrected chi connectivity index (χ0v) is 8.90. The Bertz CT molecular complexity index is 306. The molecule has 0 aromatic heterocycles. The van der Waals surface area contributed by atoms with E-state index >= 15 is 0 Å². The summed E-state index contributed by atoms with van der Waals surface area (Å²) in [5.41, 5.74) is 3.29. The second kappa shape index (κ2) is 4.54. The van der Waals surface area contributed by atoms with Gasteiger partial charge in [0.15, 0.2) is 0 Å². The van der Waals surface area contributed by atoms with E-state index in [-0.39, 0.29) is 5.57 Å². The van der Waals surface area contributed by atoms with Crippen LogP contribution >= 0.6 is 0 Å². The number of halogens is 2. The Morgan fingerprint density at radius 3 is 2.36 bits per heavy atom. The number of hydrogen-bond donors (Lipinski definition) is 0. The standard InChI is InChI=1S/C12H16F2/c1-8-5-4-6-11(12(13)14)10(3)7-9(8)2/h5,7,12H,4,6H2,1-3H3/b8-5?,9-7?,11-10-. The molecule has 0 nitrogen and oxygen atoms in total. The van der Waals surface area contributed by atoms with Crippen molar-refractivity contribution >= 4 is 0 Å². The fourth-order valence-electron chi connectivity index (χ4n) is 1.61. The van der Waals surface area contributed by atoms with Crippen LogP contribution in [0.15, 0.2) is 34.4 Å². The zero-order chi connectivity index (χ0) is 10.7. The molecule has 1 aliphatic rings. The van der Waals surface area contributed by atoms with Crippen LogP contribution in [0.5, 0.6) is 0 Å². The molecular weight excluding hydrogens is 182 g/mol. The Hall–Kier alpha value is -0.920. The van der Waals surface area contributed by atoms with Gasteiger partial charge >= 0.3 is 0 Å². The van der Waals surface area contributed by atoms with Gasteiger partial charge in [0.05, 0.1) is 0 Å². The Morgan fingerprint density at radius 1 is 1.14 bits per heavy atom. The van der Waals surface area contributed by atoms with Gasteiger partial charge in [-0.05, 0) is 50.3 Å². The predicted octanol–water partition coefficient (Wildman–Crippen LogP) is 4.25. The van der Waals surface area contributed by atoms with E-state index in [2.05, 4.69) is 0 Å². The lowest BCUT2D eigenvalue weighted by Gasteiger charge is -2.13. The van der Waals surface area contributed by atoms with Crippen LogP contribution in [0.3, 0.4) is 0 Å². The minimum Gasteiger partial charge on any atom is -0.205 e. The molecule has 78 valence electrons. The molecule has 0 aromatic rings. The van der Waals surface area contributed by atoms with E-state index in [0.717, 1.165) is 11.1 Å². The van der Waals surface area contributed by atoms with Gasteiger partial charge in [-0.15, -0.1) is 0 Å².